The second-order valence-corrected chi connectivity index (χ2v) is 6.05. The molecule has 0 radical (unpaired) electrons. The van der Waals surface area contributed by atoms with E-state index in [0.29, 0.717) is 5.56 Å². The van der Waals surface area contributed by atoms with Crippen LogP contribution in [0, 0.1) is 0 Å². The first-order valence-corrected chi connectivity index (χ1v) is 7.74. The number of carbonyl (C=O) groups excluding carboxylic acids is 1. The highest BCUT2D eigenvalue weighted by Gasteiger charge is 2.50. The Balaban J connectivity index is 2.01. The SMILES string of the molecule is COc1ccc(/C=C/C(=O)OC2[C@H](O)CC(O)(C(=O)O)C[C@H]2O)cc1O. The molecule has 1 aliphatic carbocycles. The molecule has 0 aromatic heterocycles. The predicted molar refractivity (Wildman–Crippen MR) is 87.4 cm³/mol. The quantitative estimate of drug-likeness (QED) is 0.347. The van der Waals surface area contributed by atoms with Crippen LogP contribution in [0.2, 0.25) is 0 Å². The van der Waals surface area contributed by atoms with E-state index in [1.54, 1.807) is 6.07 Å². The molecule has 2 rings (SSSR count). The maximum atomic E-state index is 11.9. The van der Waals surface area contributed by atoms with E-state index < -0.39 is 48.7 Å². The smallest absolute Gasteiger partial charge is 0.335 e. The Labute approximate surface area is 148 Å². The molecule has 0 bridgehead atoms. The van der Waals surface area contributed by atoms with Crippen LogP contribution in [0.1, 0.15) is 18.4 Å². The van der Waals surface area contributed by atoms with Gasteiger partial charge in [0, 0.05) is 18.9 Å². The number of ether oxygens (including phenoxy) is 2. The summed E-state index contributed by atoms with van der Waals surface area (Å²) in [5, 5.41) is 48.3. The number of methoxy groups -OCH3 is 1. The third-order valence-electron chi connectivity index (χ3n) is 4.12. The molecule has 9 heteroatoms. The standard InChI is InChI=1S/C17H20O9/c1-25-13-4-2-9(6-10(13)18)3-5-14(21)26-15-11(19)7-17(24,16(22)23)8-12(15)20/h2-6,11-12,15,18-20,24H,7-8H2,1H3,(H,22,23)/b5-3+/t11-,12-,15?,17?/m1/s1. The van der Waals surface area contributed by atoms with Crippen LogP contribution >= 0.6 is 0 Å². The summed E-state index contributed by atoms with van der Waals surface area (Å²) in [6.45, 7) is 0. The monoisotopic (exact) mass is 368 g/mol. The number of aliphatic hydroxyl groups is 3. The van der Waals surface area contributed by atoms with E-state index in [0.717, 1.165) is 6.08 Å². The molecule has 1 aromatic carbocycles. The lowest BCUT2D eigenvalue weighted by atomic mass is 9.79. The van der Waals surface area contributed by atoms with Crippen molar-refractivity contribution >= 4 is 18.0 Å². The van der Waals surface area contributed by atoms with Crippen LogP contribution in [0.25, 0.3) is 6.08 Å². The maximum absolute atomic E-state index is 11.9. The van der Waals surface area contributed by atoms with Gasteiger partial charge >= 0.3 is 11.9 Å². The first-order chi connectivity index (χ1) is 12.2. The molecule has 0 saturated heterocycles. The Morgan fingerprint density at radius 1 is 1.23 bits per heavy atom. The summed E-state index contributed by atoms with van der Waals surface area (Å²) >= 11 is 0. The summed E-state index contributed by atoms with van der Waals surface area (Å²) in [5.41, 5.74) is -1.80. The topological polar surface area (TPSA) is 154 Å². The van der Waals surface area contributed by atoms with Crippen LogP contribution < -0.4 is 4.74 Å². The number of benzene rings is 1. The third-order valence-corrected chi connectivity index (χ3v) is 4.12. The molecular weight excluding hydrogens is 348 g/mol. The van der Waals surface area contributed by atoms with Gasteiger partial charge in [0.05, 0.1) is 19.3 Å². The van der Waals surface area contributed by atoms with Crippen LogP contribution in [0.5, 0.6) is 11.5 Å². The van der Waals surface area contributed by atoms with E-state index in [9.17, 15) is 30.0 Å². The Kier molecular flexibility index (Phi) is 5.86. The molecule has 142 valence electrons. The number of aliphatic hydroxyl groups excluding tert-OH is 2. The highest BCUT2D eigenvalue weighted by molar-refractivity contribution is 5.87. The van der Waals surface area contributed by atoms with Crippen molar-refractivity contribution in [3.63, 3.8) is 0 Å². The molecule has 1 saturated carbocycles. The molecule has 0 unspecified atom stereocenters. The zero-order valence-corrected chi connectivity index (χ0v) is 13.9. The van der Waals surface area contributed by atoms with Crippen LogP contribution in [-0.2, 0) is 14.3 Å². The summed E-state index contributed by atoms with van der Waals surface area (Å²) in [6, 6.07) is 4.45. The average Bonchev–Trinajstić information content (AvgIpc) is 2.56. The molecule has 26 heavy (non-hydrogen) atoms. The molecule has 0 heterocycles. The lowest BCUT2D eigenvalue weighted by Crippen LogP contribution is -2.57. The minimum absolute atomic E-state index is 0.117. The average molecular weight is 368 g/mol. The molecule has 0 amide bonds. The van der Waals surface area contributed by atoms with Crippen LogP contribution in [0.3, 0.4) is 0 Å². The van der Waals surface area contributed by atoms with Crippen molar-refractivity contribution in [3.05, 3.63) is 29.8 Å². The van der Waals surface area contributed by atoms with Gasteiger partial charge in [0.1, 0.15) is 0 Å². The van der Waals surface area contributed by atoms with Gasteiger partial charge in [-0.1, -0.05) is 6.07 Å². The predicted octanol–water partition coefficient (Wildman–Crippen LogP) is -0.343. The molecular formula is C17H20O9. The number of carboxylic acid groups (broad SMARTS) is 1. The Hall–Kier alpha value is -2.62. The number of carboxylic acids is 1. The maximum Gasteiger partial charge on any atom is 0.335 e. The molecule has 5 N–H and O–H groups in total. The largest absolute Gasteiger partial charge is 0.504 e. The van der Waals surface area contributed by atoms with Crippen molar-refractivity contribution in [1.29, 1.82) is 0 Å². The third kappa shape index (κ3) is 4.31. The number of rotatable bonds is 5. The second-order valence-electron chi connectivity index (χ2n) is 6.05. The molecule has 1 fully saturated rings. The summed E-state index contributed by atoms with van der Waals surface area (Å²) in [4.78, 5) is 22.9. The number of esters is 1. The summed E-state index contributed by atoms with van der Waals surface area (Å²) in [6.07, 6.45) is -3.23. The fraction of sp³-hybridized carbons (Fsp3) is 0.412. The van der Waals surface area contributed by atoms with Crippen molar-refractivity contribution in [1.82, 2.24) is 0 Å². The van der Waals surface area contributed by atoms with E-state index in [4.69, 9.17) is 14.6 Å². The second kappa shape index (κ2) is 7.73. The molecule has 9 nitrogen and oxygen atoms in total. The number of phenols is 1. The van der Waals surface area contributed by atoms with Gasteiger partial charge in [-0.3, -0.25) is 0 Å². The van der Waals surface area contributed by atoms with E-state index >= 15 is 0 Å². The molecule has 1 aliphatic rings. The van der Waals surface area contributed by atoms with Gasteiger partial charge in [-0.15, -0.1) is 0 Å². The van der Waals surface area contributed by atoms with Crippen LogP contribution in [0.4, 0.5) is 0 Å². The molecule has 0 spiro atoms. The first-order valence-electron chi connectivity index (χ1n) is 7.74. The van der Waals surface area contributed by atoms with Crippen molar-refractivity contribution in [2.24, 2.45) is 0 Å². The van der Waals surface area contributed by atoms with Gasteiger partial charge in [-0.2, -0.15) is 0 Å². The number of hydrogen-bond donors (Lipinski definition) is 5. The van der Waals surface area contributed by atoms with Crippen molar-refractivity contribution in [2.75, 3.05) is 7.11 Å². The number of carbonyl (C=O) groups is 2. The van der Waals surface area contributed by atoms with Crippen molar-refractivity contribution in [2.45, 2.75) is 36.8 Å². The molecule has 0 aliphatic heterocycles. The fourth-order valence-electron chi connectivity index (χ4n) is 2.74. The van der Waals surface area contributed by atoms with Crippen LogP contribution in [0.15, 0.2) is 24.3 Å². The van der Waals surface area contributed by atoms with E-state index in [1.807, 2.05) is 0 Å². The van der Waals surface area contributed by atoms with Crippen molar-refractivity contribution < 1.29 is 44.6 Å². The highest BCUT2D eigenvalue weighted by Crippen LogP contribution is 2.31. The summed E-state index contributed by atoms with van der Waals surface area (Å²) in [5.74, 6) is -2.30. The van der Waals surface area contributed by atoms with Gasteiger partial charge in [0.15, 0.2) is 23.2 Å². The molecule has 2 atom stereocenters. The summed E-state index contributed by atoms with van der Waals surface area (Å²) in [7, 11) is 1.40. The minimum atomic E-state index is -2.28. The number of phenolic OH excluding ortho intramolecular Hbond substituents is 1. The molecule has 1 aromatic rings. The Morgan fingerprint density at radius 2 is 1.85 bits per heavy atom. The van der Waals surface area contributed by atoms with Crippen molar-refractivity contribution in [3.8, 4) is 11.5 Å². The first kappa shape index (κ1) is 19.7. The van der Waals surface area contributed by atoms with E-state index in [1.165, 1.54) is 25.3 Å². The van der Waals surface area contributed by atoms with Gasteiger partial charge in [-0.05, 0) is 23.8 Å². The van der Waals surface area contributed by atoms with Gasteiger partial charge in [0.25, 0.3) is 0 Å². The van der Waals surface area contributed by atoms with Gasteiger partial charge < -0.3 is 35.0 Å². The number of aromatic hydroxyl groups is 1. The fourth-order valence-corrected chi connectivity index (χ4v) is 2.74. The lowest BCUT2D eigenvalue weighted by Gasteiger charge is -2.39. The van der Waals surface area contributed by atoms with Crippen LogP contribution in [-0.4, -0.2) is 68.5 Å². The van der Waals surface area contributed by atoms with E-state index in [2.05, 4.69) is 0 Å². The zero-order valence-electron chi connectivity index (χ0n) is 13.9. The Morgan fingerprint density at radius 3 is 2.35 bits per heavy atom. The minimum Gasteiger partial charge on any atom is -0.504 e. The highest BCUT2D eigenvalue weighted by atomic mass is 16.6. The summed E-state index contributed by atoms with van der Waals surface area (Å²) < 4.78 is 9.87. The number of hydrogen-bond acceptors (Lipinski definition) is 8. The van der Waals surface area contributed by atoms with E-state index in [-0.39, 0.29) is 11.5 Å². The zero-order chi connectivity index (χ0) is 19.5. The van der Waals surface area contributed by atoms with Gasteiger partial charge in [0.2, 0.25) is 0 Å². The van der Waals surface area contributed by atoms with Gasteiger partial charge in [-0.25, -0.2) is 9.59 Å². The number of aliphatic carboxylic acids is 1. The normalized spacial score (nSPS) is 28.7. The Bertz CT molecular complexity index is 700. The lowest BCUT2D eigenvalue weighted by molar-refractivity contribution is -0.196.